The molecular formula is C18H16ClN3O4. The minimum atomic E-state index is -0.946. The molecule has 2 aromatic rings. The fourth-order valence-corrected chi connectivity index (χ4v) is 2.25. The number of aliphatic carboxylic acids is 1. The number of amides is 1. The predicted octanol–water partition coefficient (Wildman–Crippen LogP) is 3.76. The molecule has 0 unspecified atom stereocenters. The molecule has 134 valence electrons. The van der Waals surface area contributed by atoms with Crippen molar-refractivity contribution in [3.63, 3.8) is 0 Å². The molecule has 0 saturated heterocycles. The molecule has 2 aromatic carbocycles. The van der Waals surface area contributed by atoms with Crippen molar-refractivity contribution in [3.8, 4) is 11.5 Å². The van der Waals surface area contributed by atoms with Gasteiger partial charge in [-0.2, -0.15) is 0 Å². The summed E-state index contributed by atoms with van der Waals surface area (Å²) < 4.78 is 5.65. The molecule has 0 heterocycles. The van der Waals surface area contributed by atoms with Crippen LogP contribution in [0.2, 0.25) is 5.02 Å². The van der Waals surface area contributed by atoms with Crippen LogP contribution in [0.3, 0.4) is 0 Å². The van der Waals surface area contributed by atoms with Gasteiger partial charge in [0.1, 0.15) is 17.2 Å². The maximum atomic E-state index is 11.7. The van der Waals surface area contributed by atoms with Gasteiger partial charge in [-0.1, -0.05) is 17.7 Å². The highest BCUT2D eigenvalue weighted by Crippen LogP contribution is 2.30. The maximum Gasteiger partial charge on any atom is 0.307 e. The van der Waals surface area contributed by atoms with Gasteiger partial charge >= 0.3 is 5.97 Å². The van der Waals surface area contributed by atoms with E-state index in [-0.39, 0.29) is 17.2 Å². The number of carboxylic acid groups (broad SMARTS) is 1. The van der Waals surface area contributed by atoms with Crippen molar-refractivity contribution in [2.75, 3.05) is 5.32 Å². The van der Waals surface area contributed by atoms with E-state index in [2.05, 4.69) is 5.32 Å². The largest absolute Gasteiger partial charge is 0.481 e. The van der Waals surface area contributed by atoms with Crippen molar-refractivity contribution in [1.82, 2.24) is 0 Å². The summed E-state index contributed by atoms with van der Waals surface area (Å²) in [6, 6.07) is 11.1. The topological polar surface area (TPSA) is 123 Å². The molecule has 26 heavy (non-hydrogen) atoms. The molecule has 4 N–H and O–H groups in total. The first-order valence-corrected chi connectivity index (χ1v) is 7.87. The van der Waals surface area contributed by atoms with Crippen LogP contribution >= 0.6 is 11.6 Å². The Kier molecular flexibility index (Phi) is 6.08. The lowest BCUT2D eigenvalue weighted by Gasteiger charge is -2.10. The lowest BCUT2D eigenvalue weighted by Crippen LogP contribution is -2.27. The van der Waals surface area contributed by atoms with Crippen LogP contribution in [-0.4, -0.2) is 28.4 Å². The lowest BCUT2D eigenvalue weighted by atomic mass is 10.1. The van der Waals surface area contributed by atoms with Crippen LogP contribution in [0.4, 0.5) is 5.69 Å². The van der Waals surface area contributed by atoms with Gasteiger partial charge in [-0.15, -0.1) is 0 Å². The fraction of sp³-hybridized carbons (Fsp3) is 0.111. The summed E-state index contributed by atoms with van der Waals surface area (Å²) in [4.78, 5) is 22.4. The first-order valence-electron chi connectivity index (χ1n) is 7.50. The zero-order valence-corrected chi connectivity index (χ0v) is 14.6. The van der Waals surface area contributed by atoms with Crippen LogP contribution < -0.4 is 10.1 Å². The molecule has 2 rings (SSSR count). The van der Waals surface area contributed by atoms with Crippen molar-refractivity contribution >= 4 is 40.6 Å². The number of carbonyl (C=O) groups excluding carboxylic acids is 1. The number of carboxylic acids is 1. The number of hydrogen-bond acceptors (Lipinski definition) is 5. The molecule has 0 spiro atoms. The molecular weight excluding hydrogens is 358 g/mol. The van der Waals surface area contributed by atoms with E-state index >= 15 is 0 Å². The molecule has 8 heteroatoms. The second-order valence-electron chi connectivity index (χ2n) is 5.42. The van der Waals surface area contributed by atoms with Gasteiger partial charge in [0.25, 0.3) is 5.91 Å². The summed E-state index contributed by atoms with van der Waals surface area (Å²) >= 11 is 6.11. The quantitative estimate of drug-likeness (QED) is 0.551. The van der Waals surface area contributed by atoms with Crippen molar-refractivity contribution < 1.29 is 19.4 Å². The number of anilines is 1. The smallest absolute Gasteiger partial charge is 0.307 e. The predicted molar refractivity (Wildman–Crippen MR) is 99.1 cm³/mol. The molecule has 0 bridgehead atoms. The van der Waals surface area contributed by atoms with E-state index < -0.39 is 17.6 Å². The fourth-order valence-electron chi connectivity index (χ4n) is 2.01. The van der Waals surface area contributed by atoms with Crippen molar-refractivity contribution in [2.45, 2.75) is 13.3 Å². The van der Waals surface area contributed by atoms with E-state index in [1.54, 1.807) is 36.4 Å². The third kappa shape index (κ3) is 5.15. The lowest BCUT2D eigenvalue weighted by molar-refractivity contribution is -0.136. The highest BCUT2D eigenvalue weighted by atomic mass is 35.5. The molecule has 0 fully saturated rings. The molecule has 7 nitrogen and oxygen atoms in total. The molecule has 0 aliphatic carbocycles. The Balaban J connectivity index is 2.05. The average molecular weight is 374 g/mol. The molecule has 0 saturated carbocycles. The Labute approximate surface area is 154 Å². The first kappa shape index (κ1) is 19.1. The molecule has 1 amide bonds. The Morgan fingerprint density at radius 2 is 1.81 bits per heavy atom. The van der Waals surface area contributed by atoms with Crippen molar-refractivity contribution in [3.05, 3.63) is 53.1 Å². The molecule has 0 aromatic heterocycles. The summed E-state index contributed by atoms with van der Waals surface area (Å²) in [7, 11) is 0. The van der Waals surface area contributed by atoms with Gasteiger partial charge in [-0.05, 0) is 48.9 Å². The summed E-state index contributed by atoms with van der Waals surface area (Å²) in [6.45, 7) is 1.37. The van der Waals surface area contributed by atoms with Gasteiger partial charge in [-0.3, -0.25) is 15.0 Å². The number of halogens is 1. The standard InChI is InChI=1S/C18H16ClN3O4/c1-10(20)17(21)18(25)22-12-3-5-13(6-4-12)26-15-7-2-11(8-14(15)19)9-16(23)24/h2-8,20-21H,9H2,1H3,(H,22,25)(H,23,24). The summed E-state index contributed by atoms with van der Waals surface area (Å²) in [5.41, 5.74) is 0.495. The average Bonchev–Trinajstić information content (AvgIpc) is 2.57. The second kappa shape index (κ2) is 8.26. The zero-order chi connectivity index (χ0) is 19.3. The van der Waals surface area contributed by atoms with Gasteiger partial charge in [0.2, 0.25) is 0 Å². The number of benzene rings is 2. The van der Waals surface area contributed by atoms with Crippen LogP contribution in [0.15, 0.2) is 42.5 Å². The van der Waals surface area contributed by atoms with E-state index in [1.165, 1.54) is 13.0 Å². The van der Waals surface area contributed by atoms with E-state index in [0.29, 0.717) is 22.7 Å². The van der Waals surface area contributed by atoms with Gasteiger partial charge in [0.15, 0.2) is 0 Å². The van der Waals surface area contributed by atoms with Crippen LogP contribution in [0.5, 0.6) is 11.5 Å². The minimum absolute atomic E-state index is 0.122. The van der Waals surface area contributed by atoms with Crippen LogP contribution in [0.1, 0.15) is 12.5 Å². The maximum absolute atomic E-state index is 11.7. The Morgan fingerprint density at radius 1 is 1.15 bits per heavy atom. The zero-order valence-electron chi connectivity index (χ0n) is 13.8. The third-order valence-electron chi connectivity index (χ3n) is 3.29. The first-order chi connectivity index (χ1) is 12.3. The van der Waals surface area contributed by atoms with Gasteiger partial charge in [0, 0.05) is 5.69 Å². The minimum Gasteiger partial charge on any atom is -0.481 e. The monoisotopic (exact) mass is 373 g/mol. The highest BCUT2D eigenvalue weighted by Gasteiger charge is 2.12. The van der Waals surface area contributed by atoms with Crippen molar-refractivity contribution in [2.24, 2.45) is 0 Å². The van der Waals surface area contributed by atoms with Crippen molar-refractivity contribution in [1.29, 1.82) is 10.8 Å². The highest BCUT2D eigenvalue weighted by molar-refractivity contribution is 6.66. The van der Waals surface area contributed by atoms with Crippen LogP contribution in [0, 0.1) is 10.8 Å². The molecule has 0 radical (unpaired) electrons. The van der Waals surface area contributed by atoms with Gasteiger partial charge in [-0.25, -0.2) is 0 Å². The summed E-state index contributed by atoms with van der Waals surface area (Å²) in [6.07, 6.45) is -0.126. The van der Waals surface area contributed by atoms with E-state index in [4.69, 9.17) is 32.3 Å². The molecule has 0 aliphatic rings. The molecule has 0 atom stereocenters. The normalized spacial score (nSPS) is 10.1. The van der Waals surface area contributed by atoms with Gasteiger partial charge in [0.05, 0.1) is 17.2 Å². The third-order valence-corrected chi connectivity index (χ3v) is 3.59. The number of carbonyl (C=O) groups is 2. The Bertz CT molecular complexity index is 879. The van der Waals surface area contributed by atoms with Crippen LogP contribution in [0.25, 0.3) is 0 Å². The Morgan fingerprint density at radius 3 is 2.35 bits per heavy atom. The molecule has 0 aliphatic heterocycles. The van der Waals surface area contributed by atoms with E-state index in [1.807, 2.05) is 0 Å². The van der Waals surface area contributed by atoms with Gasteiger partial charge < -0.3 is 20.6 Å². The Hall–Kier alpha value is -3.19. The van der Waals surface area contributed by atoms with E-state index in [9.17, 15) is 9.59 Å². The number of hydrogen-bond donors (Lipinski definition) is 4. The number of rotatable bonds is 7. The van der Waals surface area contributed by atoms with E-state index in [0.717, 1.165) is 0 Å². The number of nitrogens with one attached hydrogen (secondary N) is 3. The second-order valence-corrected chi connectivity index (χ2v) is 5.82. The SMILES string of the molecule is CC(=N)C(=N)C(=O)Nc1ccc(Oc2ccc(CC(=O)O)cc2Cl)cc1. The summed E-state index contributed by atoms with van der Waals surface area (Å²) in [5, 5.41) is 26.3. The summed E-state index contributed by atoms with van der Waals surface area (Å²) in [5.74, 6) is -0.769. The number of ether oxygens (including phenoxy) is 1. The van der Waals surface area contributed by atoms with Crippen LogP contribution in [-0.2, 0) is 16.0 Å².